The quantitative estimate of drug-likeness (QED) is 0.185. The van der Waals surface area contributed by atoms with Crippen molar-refractivity contribution in [1.29, 1.82) is 0 Å². The Morgan fingerprint density at radius 3 is 1.38 bits per heavy atom. The minimum Gasteiger partial charge on any atom is -0.147 e. The first-order valence-corrected chi connectivity index (χ1v) is 14.1. The van der Waals surface area contributed by atoms with Gasteiger partial charge < -0.3 is 0 Å². The molecule has 0 unspecified atom stereocenters. The van der Waals surface area contributed by atoms with Crippen LogP contribution in [-0.4, -0.2) is 32.7 Å². The molecule has 2 aromatic rings. The van der Waals surface area contributed by atoms with Gasteiger partial charge in [-0.25, -0.2) is 0 Å². The molecular weight excluding hydrogens is 567 g/mol. The van der Waals surface area contributed by atoms with Crippen LogP contribution in [-0.2, 0) is 15.6 Å². The molecule has 7 heteroatoms. The van der Waals surface area contributed by atoms with E-state index >= 15 is 0 Å². The van der Waals surface area contributed by atoms with Crippen LogP contribution in [0.25, 0.3) is 0 Å². The maximum absolute atomic E-state index is 5.21. The number of benzene rings is 2. The summed E-state index contributed by atoms with van der Waals surface area (Å²) in [6, 6.07) is 13.1. The average molecular weight is 613 g/mol. The smallest absolute Gasteiger partial charge is 0.147 e. The molecule has 0 atom stereocenters. The molecule has 1 aliphatic heterocycles. The van der Waals surface area contributed by atoms with Crippen molar-refractivity contribution in [2.75, 3.05) is 6.54 Å². The van der Waals surface area contributed by atoms with Crippen molar-refractivity contribution in [2.24, 2.45) is 9.98 Å². The zero-order chi connectivity index (χ0) is 27.4. The summed E-state index contributed by atoms with van der Waals surface area (Å²) in [7, 11) is 0. The number of aliphatic imine (C=N–C) groups is 2. The van der Waals surface area contributed by atoms with Crippen LogP contribution in [0, 0.1) is 0 Å². The van der Waals surface area contributed by atoms with Crippen molar-refractivity contribution in [3.05, 3.63) is 70.9 Å². The van der Waals surface area contributed by atoms with Gasteiger partial charge in [0.2, 0.25) is 0 Å². The van der Waals surface area contributed by atoms with E-state index in [-0.39, 0.29) is 24.8 Å². The largest absolute Gasteiger partial charge is 0.147 e. The van der Waals surface area contributed by atoms with Crippen molar-refractivity contribution in [1.82, 2.24) is 9.80 Å². The summed E-state index contributed by atoms with van der Waals surface area (Å²) >= 11 is 4.47. The molecule has 3 rings (SSSR count). The van der Waals surface area contributed by atoms with Crippen LogP contribution in [0.3, 0.4) is 0 Å². The zero-order valence-corrected chi connectivity index (χ0v) is 27.8. The van der Waals surface area contributed by atoms with Crippen LogP contribution in [0.15, 0.2) is 58.7 Å². The van der Waals surface area contributed by atoms with Crippen LogP contribution >= 0.6 is 24.8 Å². The van der Waals surface area contributed by atoms with Gasteiger partial charge in [-0.05, 0) is 0 Å². The van der Waals surface area contributed by atoms with E-state index in [4.69, 9.17) is 9.98 Å². The Balaban J connectivity index is 0.00000380. The van der Waals surface area contributed by atoms with Crippen LogP contribution in [0.2, 0.25) is 0 Å². The van der Waals surface area contributed by atoms with E-state index in [9.17, 15) is 0 Å². The molecule has 0 aliphatic carbocycles. The number of para-hydroxylation sites is 2. The van der Waals surface area contributed by atoms with Crippen molar-refractivity contribution in [3.8, 4) is 0 Å². The number of hydrogen-bond acceptors (Lipinski definition) is 2. The van der Waals surface area contributed by atoms with E-state index in [1.807, 2.05) is 0 Å². The fourth-order valence-corrected chi connectivity index (χ4v) is 5.28. The minimum absolute atomic E-state index is 0. The van der Waals surface area contributed by atoms with Gasteiger partial charge in [-0.3, -0.25) is 0 Å². The van der Waals surface area contributed by atoms with Crippen LogP contribution in [0.4, 0.5) is 11.4 Å². The van der Waals surface area contributed by atoms with Crippen molar-refractivity contribution in [3.63, 3.8) is 0 Å². The zero-order valence-electron chi connectivity index (χ0n) is 25.1. The van der Waals surface area contributed by atoms with Crippen molar-refractivity contribution >= 4 is 52.5 Å². The summed E-state index contributed by atoms with van der Waals surface area (Å²) in [5, 5.41) is 0. The van der Waals surface area contributed by atoms with E-state index in [1.54, 1.807) is 0 Å². The summed E-state index contributed by atoms with van der Waals surface area (Å²) in [6.45, 7) is 22.8. The topological polar surface area (TPSA) is 31.2 Å². The van der Waals surface area contributed by atoms with Gasteiger partial charge in [0.1, 0.15) is 0 Å². The molecule has 0 aromatic heterocycles. The van der Waals surface area contributed by atoms with Crippen LogP contribution < -0.4 is 0 Å². The maximum atomic E-state index is 5.21. The summed E-state index contributed by atoms with van der Waals surface area (Å²) in [5.74, 6) is 3.43. The summed E-state index contributed by atoms with van der Waals surface area (Å²) in [4.78, 5) is 14.7. The first-order valence-electron chi connectivity index (χ1n) is 13.5. The van der Waals surface area contributed by atoms with Crippen LogP contribution in [0.5, 0.6) is 0 Å². The fourth-order valence-electron chi connectivity index (χ4n) is 4.74. The Bertz CT molecular complexity index is 1180. The molecule has 0 amide bonds. The molecule has 0 saturated heterocycles. The van der Waals surface area contributed by atoms with Gasteiger partial charge in [0.05, 0.1) is 0 Å². The monoisotopic (exact) mass is 612 g/mol. The molecule has 0 N–H and O–H groups in total. The third kappa shape index (κ3) is 8.07. The van der Waals surface area contributed by atoms with Gasteiger partial charge in [-0.15, -0.1) is 24.8 Å². The SMILES string of the molecule is CC(=Nc1c(C(C)C)cccc1C(C)C)N1C=CCN(C(C)=Nc2c(C(C)C)cccc2C(C)C)[C]1=[Fe].Cl.Cl. The number of hydrogen-bond donors (Lipinski definition) is 0. The predicted octanol–water partition coefficient (Wildman–Crippen LogP) is 9.59. The van der Waals surface area contributed by atoms with Gasteiger partial charge >= 0.3 is 233 Å². The Hall–Kier alpha value is -1.91. The molecule has 4 nitrogen and oxygen atoms in total. The fraction of sp³-hybridized carbons (Fsp3) is 0.469. The number of rotatable bonds is 6. The second-order valence-electron chi connectivity index (χ2n) is 11.1. The van der Waals surface area contributed by atoms with E-state index < -0.39 is 0 Å². The summed E-state index contributed by atoms with van der Waals surface area (Å²) < 4.78 is 0.867. The molecule has 1 heterocycles. The second kappa shape index (κ2) is 15.2. The Labute approximate surface area is 257 Å². The van der Waals surface area contributed by atoms with Crippen LogP contribution in [0.1, 0.15) is 115 Å². The molecule has 0 saturated carbocycles. The van der Waals surface area contributed by atoms with Gasteiger partial charge in [-0.1, -0.05) is 0 Å². The number of halogens is 2. The summed E-state index contributed by atoms with van der Waals surface area (Å²) in [6.07, 6.45) is 4.24. The van der Waals surface area contributed by atoms with E-state index in [2.05, 4.69) is 143 Å². The predicted molar refractivity (Wildman–Crippen MR) is 172 cm³/mol. The molecule has 216 valence electrons. The first kappa shape index (κ1) is 35.1. The van der Waals surface area contributed by atoms with E-state index in [1.165, 1.54) is 22.3 Å². The normalized spacial score (nSPS) is 14.5. The second-order valence-corrected chi connectivity index (χ2v) is 11.6. The molecule has 0 fully saturated rings. The van der Waals surface area contributed by atoms with Crippen molar-refractivity contribution < 1.29 is 15.6 Å². The minimum atomic E-state index is 0. The molecule has 1 aliphatic rings. The third-order valence-corrected chi connectivity index (χ3v) is 7.49. The molecule has 39 heavy (non-hydrogen) atoms. The van der Waals surface area contributed by atoms with Gasteiger partial charge in [0.25, 0.3) is 0 Å². The molecule has 2 aromatic carbocycles. The number of nitrogens with zero attached hydrogens (tertiary/aromatic N) is 4. The van der Waals surface area contributed by atoms with E-state index in [0.29, 0.717) is 23.7 Å². The van der Waals surface area contributed by atoms with Gasteiger partial charge in [0.15, 0.2) is 0 Å². The molecular formula is C32H46Cl2FeN4. The summed E-state index contributed by atoms with van der Waals surface area (Å²) in [5.41, 5.74) is 7.30. The van der Waals surface area contributed by atoms with Gasteiger partial charge in [0, 0.05) is 0 Å². The van der Waals surface area contributed by atoms with Gasteiger partial charge in [-0.2, -0.15) is 0 Å². The standard InChI is InChI=1S/C32H44N4.2ClH.Fe/c1-21(2)27-14-11-15-28(22(3)4)31(27)33-25(9)35-18-13-19-36(20-35)26(10)34-32-29(23(5)6)16-12-17-30(32)24(7)8;;;/h11-18,21-24H,19H2,1-10H3;2*1H;. The maximum Gasteiger partial charge on any atom is -0.147 e. The Morgan fingerprint density at radius 1 is 0.667 bits per heavy atom. The molecule has 0 radical (unpaired) electrons. The Kier molecular flexibility index (Phi) is 13.7. The van der Waals surface area contributed by atoms with E-state index in [0.717, 1.165) is 34.3 Å². The molecule has 0 bridgehead atoms. The average Bonchev–Trinajstić information content (AvgIpc) is 2.83. The first-order chi connectivity index (χ1) is 17.4. The number of amidine groups is 2. The Morgan fingerprint density at radius 2 is 1.03 bits per heavy atom. The van der Waals surface area contributed by atoms with Crippen molar-refractivity contribution in [2.45, 2.75) is 92.9 Å². The third-order valence-electron chi connectivity index (χ3n) is 6.92. The molecule has 0 spiro atoms.